The molecule has 0 unspecified atom stereocenters. The molecule has 0 aliphatic heterocycles. The highest BCUT2D eigenvalue weighted by Crippen LogP contribution is 2.28. The van der Waals surface area contributed by atoms with Gasteiger partial charge in [-0.1, -0.05) is 24.3 Å². The summed E-state index contributed by atoms with van der Waals surface area (Å²) in [7, 11) is 1.59. The highest BCUT2D eigenvalue weighted by Gasteiger charge is 2.15. The Morgan fingerprint density at radius 2 is 1.81 bits per heavy atom. The van der Waals surface area contributed by atoms with Gasteiger partial charge in [-0.15, -0.1) is 0 Å². The fourth-order valence-electron chi connectivity index (χ4n) is 2.67. The quantitative estimate of drug-likeness (QED) is 0.745. The van der Waals surface area contributed by atoms with E-state index >= 15 is 0 Å². The Labute approximate surface area is 158 Å². The first kappa shape index (κ1) is 18.6. The molecule has 1 aromatic carbocycles. The maximum absolute atomic E-state index is 11.8. The standard InChI is InChI=1S/C21H23N3O3/c1-21(2,3)27-20(25)23-13-14-5-7-15(8-6-14)16-11-12-22-19-17(16)9-10-18(24-19)26-4/h5-12H,13H2,1-4H3,(H,23,25). The molecule has 1 amide bonds. The first-order valence-corrected chi connectivity index (χ1v) is 8.71. The number of fused-ring (bicyclic) bond motifs is 1. The molecule has 0 bridgehead atoms. The first-order valence-electron chi connectivity index (χ1n) is 8.71. The molecule has 0 atom stereocenters. The number of hydrogen-bond acceptors (Lipinski definition) is 5. The monoisotopic (exact) mass is 365 g/mol. The lowest BCUT2D eigenvalue weighted by atomic mass is 10.0. The lowest BCUT2D eigenvalue weighted by Gasteiger charge is -2.19. The number of carbonyl (C=O) groups is 1. The van der Waals surface area contributed by atoms with Gasteiger partial charge < -0.3 is 14.8 Å². The summed E-state index contributed by atoms with van der Waals surface area (Å²) in [5.74, 6) is 0.538. The van der Waals surface area contributed by atoms with Gasteiger partial charge in [0.1, 0.15) is 5.60 Å². The molecule has 0 saturated heterocycles. The van der Waals surface area contributed by atoms with Crippen LogP contribution in [0.2, 0.25) is 0 Å². The van der Waals surface area contributed by atoms with Gasteiger partial charge in [-0.05, 0) is 49.6 Å². The highest BCUT2D eigenvalue weighted by atomic mass is 16.6. The van der Waals surface area contributed by atoms with Crippen molar-refractivity contribution in [3.05, 3.63) is 54.2 Å². The summed E-state index contributed by atoms with van der Waals surface area (Å²) in [6.07, 6.45) is 1.31. The van der Waals surface area contributed by atoms with Crippen molar-refractivity contribution >= 4 is 17.1 Å². The molecule has 0 fully saturated rings. The number of ether oxygens (including phenoxy) is 2. The second-order valence-electron chi connectivity index (χ2n) is 7.14. The van der Waals surface area contributed by atoms with E-state index in [4.69, 9.17) is 9.47 Å². The van der Waals surface area contributed by atoms with Gasteiger partial charge >= 0.3 is 6.09 Å². The summed E-state index contributed by atoms with van der Waals surface area (Å²) in [4.78, 5) is 20.5. The van der Waals surface area contributed by atoms with Gasteiger partial charge in [0.15, 0.2) is 5.65 Å². The van der Waals surface area contributed by atoms with E-state index in [1.807, 2.05) is 63.2 Å². The molecule has 3 aromatic rings. The summed E-state index contributed by atoms with van der Waals surface area (Å²) < 4.78 is 10.4. The zero-order chi connectivity index (χ0) is 19.4. The van der Waals surface area contributed by atoms with E-state index in [0.29, 0.717) is 18.1 Å². The predicted molar refractivity (Wildman–Crippen MR) is 105 cm³/mol. The predicted octanol–water partition coefficient (Wildman–Crippen LogP) is 4.33. The van der Waals surface area contributed by atoms with Crippen LogP contribution in [0.25, 0.3) is 22.2 Å². The Kier molecular flexibility index (Phi) is 5.26. The average Bonchev–Trinajstić information content (AvgIpc) is 2.64. The van der Waals surface area contributed by atoms with Crippen LogP contribution < -0.4 is 10.1 Å². The Bertz CT molecular complexity index is 947. The molecule has 2 aromatic heterocycles. The molecule has 27 heavy (non-hydrogen) atoms. The molecular weight excluding hydrogens is 342 g/mol. The van der Waals surface area contributed by atoms with Gasteiger partial charge in [0.2, 0.25) is 5.88 Å². The van der Waals surface area contributed by atoms with Gasteiger partial charge in [0, 0.05) is 24.2 Å². The number of rotatable bonds is 4. The van der Waals surface area contributed by atoms with Gasteiger partial charge in [0.05, 0.1) is 7.11 Å². The molecule has 0 radical (unpaired) electrons. The fourth-order valence-corrected chi connectivity index (χ4v) is 2.67. The van der Waals surface area contributed by atoms with E-state index in [1.165, 1.54) is 0 Å². The number of nitrogens with zero attached hydrogens (tertiary/aromatic N) is 2. The summed E-state index contributed by atoms with van der Waals surface area (Å²) in [5, 5.41) is 3.72. The third kappa shape index (κ3) is 4.73. The van der Waals surface area contributed by atoms with E-state index in [-0.39, 0.29) is 0 Å². The molecule has 0 saturated carbocycles. The Morgan fingerprint density at radius 1 is 1.07 bits per heavy atom. The molecule has 1 N–H and O–H groups in total. The number of hydrogen-bond donors (Lipinski definition) is 1. The summed E-state index contributed by atoms with van der Waals surface area (Å²) >= 11 is 0. The maximum Gasteiger partial charge on any atom is 0.407 e. The number of benzene rings is 1. The van der Waals surface area contributed by atoms with Gasteiger partial charge in [-0.3, -0.25) is 0 Å². The fraction of sp³-hybridized carbons (Fsp3) is 0.286. The Balaban J connectivity index is 1.76. The second-order valence-corrected chi connectivity index (χ2v) is 7.14. The minimum Gasteiger partial charge on any atom is -0.481 e. The zero-order valence-corrected chi connectivity index (χ0v) is 15.9. The van der Waals surface area contributed by atoms with Crippen molar-refractivity contribution in [2.75, 3.05) is 7.11 Å². The van der Waals surface area contributed by atoms with E-state index in [1.54, 1.807) is 13.3 Å². The SMILES string of the molecule is COc1ccc2c(-c3ccc(CNC(=O)OC(C)(C)C)cc3)ccnc2n1. The van der Waals surface area contributed by atoms with Gasteiger partial charge in [-0.25, -0.2) is 9.78 Å². The first-order chi connectivity index (χ1) is 12.9. The van der Waals surface area contributed by atoms with Crippen molar-refractivity contribution in [2.45, 2.75) is 32.9 Å². The van der Waals surface area contributed by atoms with Crippen LogP contribution >= 0.6 is 0 Å². The van der Waals surface area contributed by atoms with Crippen LogP contribution in [-0.4, -0.2) is 28.8 Å². The van der Waals surface area contributed by atoms with E-state index in [2.05, 4.69) is 15.3 Å². The van der Waals surface area contributed by atoms with E-state index in [0.717, 1.165) is 22.1 Å². The average molecular weight is 365 g/mol. The number of amides is 1. The molecule has 2 heterocycles. The summed E-state index contributed by atoms with van der Waals surface area (Å²) in [5.41, 5.74) is 3.22. The molecule has 0 aliphatic carbocycles. The van der Waals surface area contributed by atoms with Gasteiger partial charge in [0.25, 0.3) is 0 Å². The number of pyridine rings is 2. The maximum atomic E-state index is 11.8. The normalized spacial score (nSPS) is 11.3. The van der Waals surface area contributed by atoms with Crippen LogP contribution in [0, 0.1) is 0 Å². The van der Waals surface area contributed by atoms with E-state index in [9.17, 15) is 4.79 Å². The molecule has 6 heteroatoms. The molecule has 0 aliphatic rings. The van der Waals surface area contributed by atoms with Crippen molar-refractivity contribution in [3.63, 3.8) is 0 Å². The summed E-state index contributed by atoms with van der Waals surface area (Å²) in [6.45, 7) is 5.92. The largest absolute Gasteiger partial charge is 0.481 e. The van der Waals surface area contributed by atoms with Crippen LogP contribution in [0.15, 0.2) is 48.7 Å². The van der Waals surface area contributed by atoms with Crippen molar-refractivity contribution < 1.29 is 14.3 Å². The smallest absolute Gasteiger partial charge is 0.407 e. The van der Waals surface area contributed by atoms with Crippen molar-refractivity contribution in [2.24, 2.45) is 0 Å². The molecule has 0 spiro atoms. The van der Waals surface area contributed by atoms with E-state index < -0.39 is 11.7 Å². The number of nitrogens with one attached hydrogen (secondary N) is 1. The lowest BCUT2D eigenvalue weighted by Crippen LogP contribution is -2.32. The van der Waals surface area contributed by atoms with Crippen LogP contribution in [0.3, 0.4) is 0 Å². The number of methoxy groups -OCH3 is 1. The third-order valence-corrected chi connectivity index (χ3v) is 3.89. The number of aromatic nitrogens is 2. The molecule has 6 nitrogen and oxygen atoms in total. The van der Waals surface area contributed by atoms with Crippen molar-refractivity contribution in [1.29, 1.82) is 0 Å². The Hall–Kier alpha value is -3.15. The van der Waals surface area contributed by atoms with Crippen LogP contribution in [0.1, 0.15) is 26.3 Å². The third-order valence-electron chi connectivity index (χ3n) is 3.89. The number of alkyl carbamates (subject to hydrolysis) is 1. The lowest BCUT2D eigenvalue weighted by molar-refractivity contribution is 0.0523. The Morgan fingerprint density at radius 3 is 2.48 bits per heavy atom. The van der Waals surface area contributed by atoms with Gasteiger partial charge in [-0.2, -0.15) is 4.98 Å². The van der Waals surface area contributed by atoms with Crippen LogP contribution in [0.5, 0.6) is 5.88 Å². The molecule has 3 rings (SSSR count). The topological polar surface area (TPSA) is 73.3 Å². The molecule has 140 valence electrons. The second kappa shape index (κ2) is 7.61. The van der Waals surface area contributed by atoms with Crippen molar-refractivity contribution in [1.82, 2.24) is 15.3 Å². The van der Waals surface area contributed by atoms with Crippen LogP contribution in [0.4, 0.5) is 4.79 Å². The highest BCUT2D eigenvalue weighted by molar-refractivity contribution is 5.92. The summed E-state index contributed by atoms with van der Waals surface area (Å²) in [6, 6.07) is 13.8. The molecular formula is C21H23N3O3. The zero-order valence-electron chi connectivity index (χ0n) is 15.9. The number of carbonyl (C=O) groups excluding carboxylic acids is 1. The minimum absolute atomic E-state index is 0.408. The minimum atomic E-state index is -0.507. The van der Waals surface area contributed by atoms with Crippen LogP contribution in [-0.2, 0) is 11.3 Å². The van der Waals surface area contributed by atoms with Crippen molar-refractivity contribution in [3.8, 4) is 17.0 Å².